The van der Waals surface area contributed by atoms with Crippen LogP contribution >= 0.6 is 0 Å². The summed E-state index contributed by atoms with van der Waals surface area (Å²) in [5.74, 6) is 1.66. The van der Waals surface area contributed by atoms with Crippen LogP contribution in [-0.2, 0) is 6.42 Å². The summed E-state index contributed by atoms with van der Waals surface area (Å²) >= 11 is 0. The van der Waals surface area contributed by atoms with Crippen LogP contribution in [0.5, 0.6) is 0 Å². The summed E-state index contributed by atoms with van der Waals surface area (Å²) in [6.45, 7) is 8.21. The zero-order valence-electron chi connectivity index (χ0n) is 15.0. The normalized spacial score (nSPS) is 37.7. The van der Waals surface area contributed by atoms with Crippen molar-refractivity contribution in [2.75, 3.05) is 32.7 Å². The molecule has 0 amide bonds. The highest BCUT2D eigenvalue weighted by molar-refractivity contribution is 5.15. The number of nitrogens with zero attached hydrogens (tertiary/aromatic N) is 2. The lowest BCUT2D eigenvalue weighted by Gasteiger charge is -2.53. The van der Waals surface area contributed by atoms with Gasteiger partial charge in [-0.15, -0.1) is 0 Å². The molecule has 1 aromatic carbocycles. The fourth-order valence-corrected chi connectivity index (χ4v) is 5.62. The van der Waals surface area contributed by atoms with Crippen LogP contribution in [0.2, 0.25) is 0 Å². The first-order chi connectivity index (χ1) is 11.7. The Morgan fingerprint density at radius 2 is 1.83 bits per heavy atom. The molecule has 4 rings (SSSR count). The summed E-state index contributed by atoms with van der Waals surface area (Å²) in [5, 5.41) is 10.9. The summed E-state index contributed by atoms with van der Waals surface area (Å²) in [6, 6.07) is 11.4. The van der Waals surface area contributed by atoms with E-state index in [9.17, 15) is 5.11 Å². The molecule has 2 heterocycles. The maximum Gasteiger partial charge on any atom is 0.0636 e. The van der Waals surface area contributed by atoms with Crippen LogP contribution in [0.25, 0.3) is 0 Å². The smallest absolute Gasteiger partial charge is 0.0636 e. The number of fused-ring (bicyclic) bond motifs is 2. The topological polar surface area (TPSA) is 26.7 Å². The van der Waals surface area contributed by atoms with Crippen molar-refractivity contribution in [3.05, 3.63) is 35.9 Å². The molecule has 0 spiro atoms. The molecular weight excluding hydrogens is 296 g/mol. The van der Waals surface area contributed by atoms with E-state index in [1.807, 2.05) is 0 Å². The highest BCUT2D eigenvalue weighted by Gasteiger charge is 2.48. The zero-order chi connectivity index (χ0) is 16.5. The number of benzene rings is 1. The van der Waals surface area contributed by atoms with Crippen molar-refractivity contribution in [3.8, 4) is 0 Å². The first kappa shape index (κ1) is 16.6. The molecule has 2 saturated heterocycles. The molecule has 5 unspecified atom stereocenters. The van der Waals surface area contributed by atoms with Gasteiger partial charge in [0.05, 0.1) is 6.10 Å². The van der Waals surface area contributed by atoms with Crippen molar-refractivity contribution in [3.63, 3.8) is 0 Å². The molecule has 1 N–H and O–H groups in total. The minimum atomic E-state index is -0.0835. The molecule has 0 radical (unpaired) electrons. The molecule has 24 heavy (non-hydrogen) atoms. The largest absolute Gasteiger partial charge is 0.392 e. The fourth-order valence-electron chi connectivity index (χ4n) is 5.62. The third kappa shape index (κ3) is 3.26. The number of hydrogen-bond acceptors (Lipinski definition) is 3. The van der Waals surface area contributed by atoms with E-state index in [-0.39, 0.29) is 6.10 Å². The molecule has 5 atom stereocenters. The predicted molar refractivity (Wildman–Crippen MR) is 97.9 cm³/mol. The molecule has 3 fully saturated rings. The van der Waals surface area contributed by atoms with Gasteiger partial charge in [-0.1, -0.05) is 37.3 Å². The molecule has 3 heteroatoms. The van der Waals surface area contributed by atoms with Gasteiger partial charge in [-0.3, -0.25) is 4.90 Å². The van der Waals surface area contributed by atoms with Gasteiger partial charge in [-0.25, -0.2) is 0 Å². The van der Waals surface area contributed by atoms with Gasteiger partial charge in [-0.05, 0) is 56.2 Å². The van der Waals surface area contributed by atoms with Crippen LogP contribution in [0, 0.1) is 17.8 Å². The predicted octanol–water partition coefficient (Wildman–Crippen LogP) is 2.64. The number of likely N-dealkylation sites (tertiary alicyclic amines) is 2. The molecule has 1 saturated carbocycles. The molecule has 2 aliphatic heterocycles. The quantitative estimate of drug-likeness (QED) is 0.920. The Morgan fingerprint density at radius 3 is 2.58 bits per heavy atom. The van der Waals surface area contributed by atoms with Crippen LogP contribution in [0.3, 0.4) is 0 Å². The van der Waals surface area contributed by atoms with Gasteiger partial charge >= 0.3 is 0 Å². The molecule has 3 nitrogen and oxygen atoms in total. The van der Waals surface area contributed by atoms with E-state index < -0.39 is 0 Å². The second-order valence-corrected chi connectivity index (χ2v) is 8.36. The fraction of sp³-hybridized carbons (Fsp3) is 0.714. The first-order valence-electron chi connectivity index (χ1n) is 9.91. The van der Waals surface area contributed by atoms with E-state index in [2.05, 4.69) is 47.1 Å². The maximum absolute atomic E-state index is 10.9. The van der Waals surface area contributed by atoms with Crippen molar-refractivity contribution in [2.24, 2.45) is 17.8 Å². The molecule has 3 aliphatic rings. The number of aliphatic hydroxyl groups excluding tert-OH is 1. The summed E-state index contributed by atoms with van der Waals surface area (Å²) < 4.78 is 0. The van der Waals surface area contributed by atoms with Crippen molar-refractivity contribution in [1.29, 1.82) is 0 Å². The van der Waals surface area contributed by atoms with Gasteiger partial charge in [0.15, 0.2) is 0 Å². The maximum atomic E-state index is 10.9. The second kappa shape index (κ2) is 7.15. The monoisotopic (exact) mass is 328 g/mol. The number of aliphatic hydroxyl groups is 1. The van der Waals surface area contributed by atoms with Crippen LogP contribution in [0.15, 0.2) is 30.3 Å². The molecule has 1 aromatic rings. The number of piperidine rings is 1. The van der Waals surface area contributed by atoms with Crippen LogP contribution in [-0.4, -0.2) is 59.8 Å². The Morgan fingerprint density at radius 1 is 1.08 bits per heavy atom. The van der Waals surface area contributed by atoms with E-state index >= 15 is 0 Å². The molecular formula is C21H32N2O. The lowest BCUT2D eigenvalue weighted by atomic mass is 9.67. The third-order valence-electron chi connectivity index (χ3n) is 6.70. The van der Waals surface area contributed by atoms with Crippen molar-refractivity contribution < 1.29 is 5.11 Å². The summed E-state index contributed by atoms with van der Waals surface area (Å²) in [6.07, 6.45) is 4.92. The van der Waals surface area contributed by atoms with Gasteiger partial charge in [-0.2, -0.15) is 0 Å². The van der Waals surface area contributed by atoms with Gasteiger partial charge in [0, 0.05) is 31.6 Å². The Bertz CT molecular complexity index is 528. The van der Waals surface area contributed by atoms with Crippen molar-refractivity contribution in [1.82, 2.24) is 9.80 Å². The standard InChI is InChI=1S/C21H32N2O/c1-16-13-18-14-22(12-9-17-7-3-2-4-8-17)15-19(21(18)24)20(16)23-10-5-6-11-23/h2-4,7-8,16,18-21,24H,5-6,9-15H2,1H3. The summed E-state index contributed by atoms with van der Waals surface area (Å²) in [4.78, 5) is 5.32. The average molecular weight is 329 g/mol. The second-order valence-electron chi connectivity index (χ2n) is 8.36. The lowest BCUT2D eigenvalue weighted by molar-refractivity contribution is -0.105. The molecule has 1 aliphatic carbocycles. The summed E-state index contributed by atoms with van der Waals surface area (Å²) in [7, 11) is 0. The van der Waals surface area contributed by atoms with E-state index in [0.717, 1.165) is 32.0 Å². The van der Waals surface area contributed by atoms with E-state index in [1.54, 1.807) is 0 Å². The molecule has 132 valence electrons. The minimum absolute atomic E-state index is 0.0835. The van der Waals surface area contributed by atoms with Crippen LogP contribution in [0.1, 0.15) is 31.7 Å². The zero-order valence-corrected chi connectivity index (χ0v) is 15.0. The molecule has 0 aromatic heterocycles. The van der Waals surface area contributed by atoms with Crippen LogP contribution < -0.4 is 0 Å². The van der Waals surface area contributed by atoms with Gasteiger partial charge in [0.1, 0.15) is 0 Å². The lowest BCUT2D eigenvalue weighted by Crippen LogP contribution is -2.62. The van der Waals surface area contributed by atoms with Crippen molar-refractivity contribution >= 4 is 0 Å². The van der Waals surface area contributed by atoms with E-state index in [1.165, 1.54) is 37.9 Å². The highest BCUT2D eigenvalue weighted by atomic mass is 16.3. The molecule has 2 bridgehead atoms. The van der Waals surface area contributed by atoms with Gasteiger partial charge in [0.25, 0.3) is 0 Å². The van der Waals surface area contributed by atoms with Crippen molar-refractivity contribution in [2.45, 2.75) is 44.8 Å². The van der Waals surface area contributed by atoms with E-state index in [0.29, 0.717) is 17.9 Å². The van der Waals surface area contributed by atoms with Gasteiger partial charge < -0.3 is 10.0 Å². The van der Waals surface area contributed by atoms with Gasteiger partial charge in [0.2, 0.25) is 0 Å². The Labute approximate surface area is 146 Å². The highest BCUT2D eigenvalue weighted by Crippen LogP contribution is 2.41. The average Bonchev–Trinajstić information content (AvgIpc) is 3.10. The summed E-state index contributed by atoms with van der Waals surface area (Å²) in [5.41, 5.74) is 1.43. The number of hydrogen-bond donors (Lipinski definition) is 1. The van der Waals surface area contributed by atoms with Crippen LogP contribution in [0.4, 0.5) is 0 Å². The minimum Gasteiger partial charge on any atom is -0.392 e. The Kier molecular flexibility index (Phi) is 4.93. The first-order valence-corrected chi connectivity index (χ1v) is 9.91. The SMILES string of the molecule is CC1CC2CN(CCc3ccccc3)CC(C2O)C1N1CCCC1. The third-order valence-corrected chi connectivity index (χ3v) is 6.70. The number of rotatable bonds is 4. The Balaban J connectivity index is 1.43. The Hall–Kier alpha value is -0.900. The van der Waals surface area contributed by atoms with E-state index in [4.69, 9.17) is 0 Å².